The lowest BCUT2D eigenvalue weighted by molar-refractivity contribution is -0.118. The van der Waals surface area contributed by atoms with Crippen molar-refractivity contribution < 1.29 is 14.3 Å². The number of ether oxygens (including phenoxy) is 2. The number of nitrogens with zero attached hydrogens (tertiary/aromatic N) is 2. The Bertz CT molecular complexity index is 359. The highest BCUT2D eigenvalue weighted by Crippen LogP contribution is 2.04. The summed E-state index contributed by atoms with van der Waals surface area (Å²) in [6.45, 7) is 7.82. The van der Waals surface area contributed by atoms with Crippen molar-refractivity contribution in [1.82, 2.24) is 10.2 Å². The molecule has 0 aromatic rings. The van der Waals surface area contributed by atoms with Crippen molar-refractivity contribution in [2.24, 2.45) is 0 Å². The molecule has 0 unspecified atom stereocenters. The van der Waals surface area contributed by atoms with Crippen molar-refractivity contribution in [2.45, 2.75) is 26.3 Å². The summed E-state index contributed by atoms with van der Waals surface area (Å²) < 4.78 is 10.0. The van der Waals surface area contributed by atoms with E-state index in [9.17, 15) is 4.79 Å². The quantitative estimate of drug-likeness (QED) is 0.529. The normalized spacial score (nSPS) is 11.9. The maximum atomic E-state index is 12.0. The van der Waals surface area contributed by atoms with Gasteiger partial charge in [0.25, 0.3) is 5.91 Å². The van der Waals surface area contributed by atoms with Gasteiger partial charge in [0.15, 0.2) is 0 Å². The van der Waals surface area contributed by atoms with E-state index in [1.165, 1.54) is 0 Å². The molecule has 0 saturated carbocycles. The fourth-order valence-corrected chi connectivity index (χ4v) is 1.39. The Kier molecular flexibility index (Phi) is 8.61. The van der Waals surface area contributed by atoms with Crippen LogP contribution in [0, 0.1) is 11.3 Å². The van der Waals surface area contributed by atoms with E-state index in [0.29, 0.717) is 26.3 Å². The van der Waals surface area contributed by atoms with Crippen molar-refractivity contribution in [3.8, 4) is 6.07 Å². The molecule has 0 aromatic heterocycles. The first kappa shape index (κ1) is 18.4. The number of nitriles is 1. The minimum absolute atomic E-state index is 0.0760. The summed E-state index contributed by atoms with van der Waals surface area (Å²) in [7, 11) is 3.21. The Labute approximate surface area is 121 Å². The molecular formula is C14H25N3O3. The van der Waals surface area contributed by atoms with Gasteiger partial charge in [-0.05, 0) is 20.8 Å². The minimum atomic E-state index is -0.378. The third-order valence-electron chi connectivity index (χ3n) is 2.33. The zero-order valence-electron chi connectivity index (χ0n) is 13.0. The number of carbonyl (C=O) groups excluding carboxylic acids is 1. The first-order valence-electron chi connectivity index (χ1n) is 6.50. The molecule has 0 heterocycles. The predicted octanol–water partition coefficient (Wildman–Crippen LogP) is 0.903. The molecule has 1 amide bonds. The molecule has 6 heteroatoms. The zero-order valence-corrected chi connectivity index (χ0v) is 13.0. The molecule has 0 aliphatic rings. The van der Waals surface area contributed by atoms with Gasteiger partial charge in [0.2, 0.25) is 0 Å². The van der Waals surface area contributed by atoms with E-state index in [4.69, 9.17) is 14.7 Å². The second kappa shape index (κ2) is 9.34. The molecule has 20 heavy (non-hydrogen) atoms. The highest BCUT2D eigenvalue weighted by atomic mass is 16.5. The van der Waals surface area contributed by atoms with Crippen LogP contribution in [0.5, 0.6) is 0 Å². The lowest BCUT2D eigenvalue weighted by atomic mass is 10.1. The SMILES string of the molecule is COCCN(/C=C(/C#N)C(=O)NC(C)(C)C)CCOC. The zero-order chi connectivity index (χ0) is 15.6. The van der Waals surface area contributed by atoms with Crippen LogP contribution in [0.1, 0.15) is 20.8 Å². The second-order valence-electron chi connectivity index (χ2n) is 5.38. The maximum absolute atomic E-state index is 12.0. The third kappa shape index (κ3) is 8.51. The molecule has 0 saturated heterocycles. The molecule has 114 valence electrons. The highest BCUT2D eigenvalue weighted by molar-refractivity contribution is 5.97. The van der Waals surface area contributed by atoms with Crippen LogP contribution in [0.15, 0.2) is 11.8 Å². The minimum Gasteiger partial charge on any atom is -0.383 e. The van der Waals surface area contributed by atoms with Crippen LogP contribution in [-0.2, 0) is 14.3 Å². The monoisotopic (exact) mass is 283 g/mol. The number of nitrogens with one attached hydrogen (secondary N) is 1. The fraction of sp³-hybridized carbons (Fsp3) is 0.714. The van der Waals surface area contributed by atoms with Gasteiger partial charge in [0.1, 0.15) is 11.6 Å². The topological polar surface area (TPSA) is 74.6 Å². The summed E-state index contributed by atoms with van der Waals surface area (Å²) in [6, 6.07) is 1.93. The van der Waals surface area contributed by atoms with Gasteiger partial charge in [0.05, 0.1) is 13.2 Å². The molecule has 0 rings (SSSR count). The van der Waals surface area contributed by atoms with Crippen LogP contribution in [0.2, 0.25) is 0 Å². The average Bonchev–Trinajstić information content (AvgIpc) is 2.35. The lowest BCUT2D eigenvalue weighted by Gasteiger charge is -2.22. The van der Waals surface area contributed by atoms with Crippen LogP contribution < -0.4 is 5.32 Å². The summed E-state index contributed by atoms with van der Waals surface area (Å²) in [5.41, 5.74) is -0.302. The van der Waals surface area contributed by atoms with E-state index < -0.39 is 0 Å². The summed E-state index contributed by atoms with van der Waals surface area (Å²) >= 11 is 0. The first-order valence-corrected chi connectivity index (χ1v) is 6.50. The molecule has 6 nitrogen and oxygen atoms in total. The predicted molar refractivity (Wildman–Crippen MR) is 76.9 cm³/mol. The fourth-order valence-electron chi connectivity index (χ4n) is 1.39. The number of rotatable bonds is 8. The third-order valence-corrected chi connectivity index (χ3v) is 2.33. The van der Waals surface area contributed by atoms with Crippen LogP contribution in [0.3, 0.4) is 0 Å². The summed E-state index contributed by atoms with van der Waals surface area (Å²) in [6.07, 6.45) is 1.55. The van der Waals surface area contributed by atoms with Crippen molar-refractivity contribution >= 4 is 5.91 Å². The van der Waals surface area contributed by atoms with Gasteiger partial charge in [0, 0.05) is 39.0 Å². The second-order valence-corrected chi connectivity index (χ2v) is 5.38. The first-order chi connectivity index (χ1) is 9.34. The maximum Gasteiger partial charge on any atom is 0.263 e. The van der Waals surface area contributed by atoms with Gasteiger partial charge >= 0.3 is 0 Å². The smallest absolute Gasteiger partial charge is 0.263 e. The molecule has 0 radical (unpaired) electrons. The van der Waals surface area contributed by atoms with Gasteiger partial charge in [-0.15, -0.1) is 0 Å². The molecule has 1 N–H and O–H groups in total. The van der Waals surface area contributed by atoms with Crippen LogP contribution in [0.4, 0.5) is 0 Å². The van der Waals surface area contributed by atoms with E-state index in [1.807, 2.05) is 31.7 Å². The molecule has 0 aliphatic heterocycles. The largest absolute Gasteiger partial charge is 0.383 e. The molecule has 0 bridgehead atoms. The highest BCUT2D eigenvalue weighted by Gasteiger charge is 2.18. The van der Waals surface area contributed by atoms with Crippen molar-refractivity contribution in [3.05, 3.63) is 11.8 Å². The number of carbonyl (C=O) groups is 1. The summed E-state index contributed by atoms with van der Waals surface area (Å²) in [4.78, 5) is 13.8. The molecule has 0 aliphatic carbocycles. The van der Waals surface area contributed by atoms with Crippen LogP contribution in [0.25, 0.3) is 0 Å². The summed E-state index contributed by atoms with van der Waals surface area (Å²) in [5, 5.41) is 11.9. The summed E-state index contributed by atoms with van der Waals surface area (Å²) in [5.74, 6) is -0.375. The molecular weight excluding hydrogens is 258 g/mol. The van der Waals surface area contributed by atoms with Crippen LogP contribution in [-0.4, -0.2) is 56.9 Å². The number of amides is 1. The van der Waals surface area contributed by atoms with Gasteiger partial charge in [-0.3, -0.25) is 4.79 Å². The number of hydrogen-bond donors (Lipinski definition) is 1. The Hall–Kier alpha value is -1.58. The Morgan fingerprint density at radius 1 is 1.25 bits per heavy atom. The van der Waals surface area contributed by atoms with Crippen molar-refractivity contribution in [2.75, 3.05) is 40.5 Å². The van der Waals surface area contributed by atoms with Gasteiger partial charge in [-0.2, -0.15) is 5.26 Å². The van der Waals surface area contributed by atoms with E-state index in [2.05, 4.69) is 5.32 Å². The van der Waals surface area contributed by atoms with Gasteiger partial charge in [-0.25, -0.2) is 0 Å². The van der Waals surface area contributed by atoms with Crippen LogP contribution >= 0.6 is 0 Å². The standard InChI is InChI=1S/C14H25N3O3/c1-14(2,3)16-13(18)12(10-15)11-17(6-8-19-4)7-9-20-5/h11H,6-9H2,1-5H3,(H,16,18)/b12-11-. The molecule has 0 atom stereocenters. The average molecular weight is 283 g/mol. The number of hydrogen-bond acceptors (Lipinski definition) is 5. The van der Waals surface area contributed by atoms with E-state index in [0.717, 1.165) is 0 Å². The Balaban J connectivity index is 4.85. The van der Waals surface area contributed by atoms with Gasteiger partial charge < -0.3 is 19.7 Å². The van der Waals surface area contributed by atoms with Crippen molar-refractivity contribution in [3.63, 3.8) is 0 Å². The molecule has 0 aromatic carbocycles. The van der Waals surface area contributed by atoms with E-state index >= 15 is 0 Å². The Morgan fingerprint density at radius 2 is 1.75 bits per heavy atom. The van der Waals surface area contributed by atoms with Gasteiger partial charge in [-0.1, -0.05) is 0 Å². The van der Waals surface area contributed by atoms with E-state index in [1.54, 1.807) is 20.4 Å². The number of methoxy groups -OCH3 is 2. The van der Waals surface area contributed by atoms with E-state index in [-0.39, 0.29) is 17.0 Å². The molecule has 0 fully saturated rings. The lowest BCUT2D eigenvalue weighted by Crippen LogP contribution is -2.41. The Morgan fingerprint density at radius 3 is 2.10 bits per heavy atom. The molecule has 0 spiro atoms. The van der Waals surface area contributed by atoms with Crippen molar-refractivity contribution in [1.29, 1.82) is 5.26 Å².